The fraction of sp³-hybridized carbons (Fsp3) is 0.0455. The number of rotatable bonds is 3. The number of amides is 1. The SMILES string of the molecule is CN1c2ccccc2C(c2ccccc2)=C(C(=O)Nc2cccc(Br)c2)S1(=O)=O. The van der Waals surface area contributed by atoms with Gasteiger partial charge in [-0.25, -0.2) is 8.42 Å². The molecule has 4 rings (SSSR count). The zero-order valence-electron chi connectivity index (χ0n) is 15.5. The van der Waals surface area contributed by atoms with Crippen molar-refractivity contribution in [2.24, 2.45) is 0 Å². The van der Waals surface area contributed by atoms with Crippen LogP contribution in [0.2, 0.25) is 0 Å². The van der Waals surface area contributed by atoms with E-state index >= 15 is 0 Å². The number of benzene rings is 3. The van der Waals surface area contributed by atoms with Crippen LogP contribution in [0.15, 0.2) is 88.2 Å². The van der Waals surface area contributed by atoms with Crippen molar-refractivity contribution in [3.63, 3.8) is 0 Å². The fourth-order valence-electron chi connectivity index (χ4n) is 3.35. The second kappa shape index (κ2) is 7.50. The molecule has 0 atom stereocenters. The molecule has 29 heavy (non-hydrogen) atoms. The van der Waals surface area contributed by atoms with E-state index in [1.54, 1.807) is 42.5 Å². The second-order valence-electron chi connectivity index (χ2n) is 6.52. The smallest absolute Gasteiger partial charge is 0.270 e. The maximum absolute atomic E-state index is 13.4. The topological polar surface area (TPSA) is 66.5 Å². The van der Waals surface area contributed by atoms with Gasteiger partial charge in [-0.2, -0.15) is 0 Å². The van der Waals surface area contributed by atoms with Crippen molar-refractivity contribution in [2.75, 3.05) is 16.7 Å². The number of anilines is 2. The molecule has 0 bridgehead atoms. The van der Waals surface area contributed by atoms with Crippen molar-refractivity contribution in [3.05, 3.63) is 99.4 Å². The van der Waals surface area contributed by atoms with Crippen LogP contribution >= 0.6 is 15.9 Å². The van der Waals surface area contributed by atoms with Gasteiger partial charge in [0.15, 0.2) is 4.91 Å². The minimum absolute atomic E-state index is 0.273. The number of nitrogens with zero attached hydrogens (tertiary/aromatic N) is 1. The number of fused-ring (bicyclic) bond motifs is 1. The maximum atomic E-state index is 13.4. The lowest BCUT2D eigenvalue weighted by Gasteiger charge is -2.30. The van der Waals surface area contributed by atoms with Gasteiger partial charge in [0.2, 0.25) is 0 Å². The minimum atomic E-state index is -4.05. The van der Waals surface area contributed by atoms with Crippen molar-refractivity contribution in [1.29, 1.82) is 0 Å². The molecule has 7 heteroatoms. The highest BCUT2D eigenvalue weighted by Gasteiger charge is 2.39. The number of nitrogens with one attached hydrogen (secondary N) is 1. The van der Waals surface area contributed by atoms with Crippen LogP contribution in [0.1, 0.15) is 11.1 Å². The summed E-state index contributed by atoms with van der Waals surface area (Å²) < 4.78 is 28.6. The van der Waals surface area contributed by atoms with Crippen LogP contribution < -0.4 is 9.62 Å². The zero-order valence-corrected chi connectivity index (χ0v) is 17.9. The molecule has 0 aliphatic carbocycles. The summed E-state index contributed by atoms with van der Waals surface area (Å²) in [6.07, 6.45) is 0. The van der Waals surface area contributed by atoms with Crippen LogP contribution in [0, 0.1) is 0 Å². The third-order valence-corrected chi connectivity index (χ3v) is 7.03. The van der Waals surface area contributed by atoms with Crippen LogP contribution in [-0.2, 0) is 14.8 Å². The Kier molecular flexibility index (Phi) is 5.02. The van der Waals surface area contributed by atoms with Gasteiger partial charge < -0.3 is 5.32 Å². The number of hydrogen-bond acceptors (Lipinski definition) is 3. The minimum Gasteiger partial charge on any atom is -0.321 e. The molecule has 1 amide bonds. The van der Waals surface area contributed by atoms with E-state index in [1.807, 2.05) is 36.4 Å². The highest BCUT2D eigenvalue weighted by molar-refractivity contribution is 9.10. The summed E-state index contributed by atoms with van der Waals surface area (Å²) in [7, 11) is -2.59. The van der Waals surface area contributed by atoms with E-state index in [0.29, 0.717) is 28.1 Å². The van der Waals surface area contributed by atoms with Gasteiger partial charge in [-0.3, -0.25) is 9.10 Å². The predicted molar refractivity (Wildman–Crippen MR) is 119 cm³/mol. The van der Waals surface area contributed by atoms with Crippen LogP contribution in [0.25, 0.3) is 5.57 Å². The van der Waals surface area contributed by atoms with Crippen LogP contribution in [-0.4, -0.2) is 21.4 Å². The highest BCUT2D eigenvalue weighted by Crippen LogP contribution is 2.42. The Labute approximate surface area is 177 Å². The first-order chi connectivity index (χ1) is 13.9. The van der Waals surface area contributed by atoms with E-state index in [0.717, 1.165) is 8.78 Å². The van der Waals surface area contributed by atoms with Crippen LogP contribution in [0.5, 0.6) is 0 Å². The molecule has 1 N–H and O–H groups in total. The first kappa shape index (κ1) is 19.4. The lowest BCUT2D eigenvalue weighted by molar-refractivity contribution is -0.112. The molecule has 1 aliphatic heterocycles. The number of carbonyl (C=O) groups excluding carboxylic acids is 1. The molecule has 0 unspecified atom stereocenters. The first-order valence-electron chi connectivity index (χ1n) is 8.84. The van der Waals surface area contributed by atoms with Gasteiger partial charge in [-0.05, 0) is 29.8 Å². The van der Waals surface area contributed by atoms with Crippen molar-refractivity contribution >= 4 is 48.8 Å². The molecular formula is C22H17BrN2O3S. The average molecular weight is 469 g/mol. The number of sulfonamides is 1. The number of carbonyl (C=O) groups is 1. The quantitative estimate of drug-likeness (QED) is 0.609. The standard InChI is InChI=1S/C22H17BrN2O3S/c1-25-19-13-6-5-12-18(19)20(15-8-3-2-4-9-15)21(29(25,27)28)22(26)24-17-11-7-10-16(23)14-17/h2-14H,1H3,(H,24,26). The van der Waals surface area contributed by atoms with E-state index in [2.05, 4.69) is 21.2 Å². The summed E-state index contributed by atoms with van der Waals surface area (Å²) in [5, 5.41) is 2.73. The molecule has 0 spiro atoms. The molecule has 1 aliphatic rings. The molecule has 0 saturated heterocycles. The predicted octanol–water partition coefficient (Wildman–Crippen LogP) is 4.63. The maximum Gasteiger partial charge on any atom is 0.270 e. The van der Waals surface area contributed by atoms with Gasteiger partial charge in [0.05, 0.1) is 5.69 Å². The Balaban J connectivity index is 1.97. The highest BCUT2D eigenvalue weighted by atomic mass is 79.9. The fourth-order valence-corrected chi connectivity index (χ4v) is 5.22. The summed E-state index contributed by atoms with van der Waals surface area (Å²) in [5.74, 6) is -0.677. The number of para-hydroxylation sites is 1. The largest absolute Gasteiger partial charge is 0.321 e. The Morgan fingerprint density at radius 2 is 1.62 bits per heavy atom. The molecule has 0 aromatic heterocycles. The van der Waals surface area contributed by atoms with E-state index in [-0.39, 0.29) is 4.91 Å². The van der Waals surface area contributed by atoms with Crippen LogP contribution in [0.3, 0.4) is 0 Å². The van der Waals surface area contributed by atoms with Crippen molar-refractivity contribution < 1.29 is 13.2 Å². The Bertz CT molecular complexity index is 1240. The number of halogens is 1. The lowest BCUT2D eigenvalue weighted by atomic mass is 9.95. The third kappa shape index (κ3) is 3.47. The van der Waals surface area contributed by atoms with Gasteiger partial charge >= 0.3 is 0 Å². The first-order valence-corrected chi connectivity index (χ1v) is 11.1. The van der Waals surface area contributed by atoms with Gasteiger partial charge in [0.25, 0.3) is 15.9 Å². The van der Waals surface area contributed by atoms with Gasteiger partial charge in [-0.15, -0.1) is 0 Å². The van der Waals surface area contributed by atoms with Crippen molar-refractivity contribution in [2.45, 2.75) is 0 Å². The summed E-state index contributed by atoms with van der Waals surface area (Å²) in [4.78, 5) is 13.0. The normalized spacial score (nSPS) is 15.0. The summed E-state index contributed by atoms with van der Waals surface area (Å²) in [6, 6.07) is 23.3. The molecule has 5 nitrogen and oxygen atoms in total. The molecule has 0 fully saturated rings. The van der Waals surface area contributed by atoms with Gasteiger partial charge in [0.1, 0.15) is 0 Å². The molecule has 0 saturated carbocycles. The van der Waals surface area contributed by atoms with E-state index in [4.69, 9.17) is 0 Å². The number of hydrogen-bond donors (Lipinski definition) is 1. The summed E-state index contributed by atoms with van der Waals surface area (Å²) >= 11 is 3.36. The van der Waals surface area contributed by atoms with Crippen molar-refractivity contribution in [3.8, 4) is 0 Å². The van der Waals surface area contributed by atoms with E-state index < -0.39 is 15.9 Å². The monoisotopic (exact) mass is 468 g/mol. The van der Waals surface area contributed by atoms with E-state index in [9.17, 15) is 13.2 Å². The van der Waals surface area contributed by atoms with Gasteiger partial charge in [-0.1, -0.05) is 70.5 Å². The Morgan fingerprint density at radius 3 is 2.34 bits per heavy atom. The van der Waals surface area contributed by atoms with Crippen LogP contribution in [0.4, 0.5) is 11.4 Å². The molecule has 3 aromatic carbocycles. The average Bonchev–Trinajstić information content (AvgIpc) is 2.71. The Morgan fingerprint density at radius 1 is 0.931 bits per heavy atom. The molecule has 146 valence electrons. The molecule has 1 heterocycles. The molecular weight excluding hydrogens is 452 g/mol. The zero-order chi connectivity index (χ0) is 20.6. The van der Waals surface area contributed by atoms with Crippen molar-refractivity contribution in [1.82, 2.24) is 0 Å². The Hall–Kier alpha value is -2.90. The lowest BCUT2D eigenvalue weighted by Crippen LogP contribution is -2.37. The second-order valence-corrected chi connectivity index (χ2v) is 9.35. The third-order valence-electron chi connectivity index (χ3n) is 4.71. The van der Waals surface area contributed by atoms with Gasteiger partial charge in [0, 0.05) is 28.3 Å². The summed E-state index contributed by atoms with van der Waals surface area (Å²) in [6.45, 7) is 0. The van der Waals surface area contributed by atoms with E-state index in [1.165, 1.54) is 7.05 Å². The molecule has 3 aromatic rings. The summed E-state index contributed by atoms with van der Waals surface area (Å²) in [5.41, 5.74) is 2.78. The molecule has 0 radical (unpaired) electrons.